The Bertz CT molecular complexity index is 1050. The number of furan rings is 1. The smallest absolute Gasteiger partial charge is 0.322 e. The number of rotatable bonds is 9. The van der Waals surface area contributed by atoms with E-state index in [1.54, 1.807) is 18.3 Å². The molecule has 1 aliphatic heterocycles. The molecule has 0 unspecified atom stereocenters. The standard InChI is InChI=1S/C22H22N4O5S/c1-15(10-16-6-3-2-4-7-16)12-24-25-22-26(14-17-8-5-9-31-17)21(30)18(32-22)11-19(27)23-13-20(28)29/h2-10,12,18H,11,13-14H2,1H3,(H,23,27)(H,28,29)/b15-10+,24-12-,25-22-/t18-/m1/s1. The van der Waals surface area contributed by atoms with Crippen molar-refractivity contribution in [3.63, 3.8) is 0 Å². The van der Waals surface area contributed by atoms with Gasteiger partial charge in [0, 0.05) is 6.42 Å². The van der Waals surface area contributed by atoms with Crippen LogP contribution in [0.2, 0.25) is 0 Å². The molecule has 32 heavy (non-hydrogen) atoms. The molecule has 0 spiro atoms. The van der Waals surface area contributed by atoms with Crippen LogP contribution in [0.25, 0.3) is 6.08 Å². The number of thioether (sulfide) groups is 1. The maximum absolute atomic E-state index is 12.9. The second-order valence-corrected chi connectivity index (χ2v) is 8.08. The first-order valence-corrected chi connectivity index (χ1v) is 10.6. The second kappa shape index (κ2) is 11.1. The van der Waals surface area contributed by atoms with Gasteiger partial charge in [-0.2, -0.15) is 5.10 Å². The van der Waals surface area contributed by atoms with Gasteiger partial charge in [-0.15, -0.1) is 5.10 Å². The molecule has 1 atom stereocenters. The van der Waals surface area contributed by atoms with Crippen molar-refractivity contribution >= 4 is 47.0 Å². The van der Waals surface area contributed by atoms with Crippen molar-refractivity contribution in [2.75, 3.05) is 6.54 Å². The summed E-state index contributed by atoms with van der Waals surface area (Å²) in [5, 5.41) is 18.9. The molecule has 0 bridgehead atoms. The third kappa shape index (κ3) is 6.67. The van der Waals surface area contributed by atoms with Gasteiger partial charge in [-0.05, 0) is 30.2 Å². The topological polar surface area (TPSA) is 125 Å². The van der Waals surface area contributed by atoms with Crippen LogP contribution in [0.15, 0.2) is 68.9 Å². The van der Waals surface area contributed by atoms with E-state index in [0.717, 1.165) is 22.9 Å². The molecule has 166 valence electrons. The zero-order valence-corrected chi connectivity index (χ0v) is 18.1. The predicted molar refractivity (Wildman–Crippen MR) is 122 cm³/mol. The highest BCUT2D eigenvalue weighted by molar-refractivity contribution is 8.15. The van der Waals surface area contributed by atoms with E-state index in [0.29, 0.717) is 10.9 Å². The Hall–Kier alpha value is -3.66. The lowest BCUT2D eigenvalue weighted by Crippen LogP contribution is -2.35. The summed E-state index contributed by atoms with van der Waals surface area (Å²) in [4.78, 5) is 36.9. The van der Waals surface area contributed by atoms with E-state index in [-0.39, 0.29) is 18.9 Å². The predicted octanol–water partition coefficient (Wildman–Crippen LogP) is 2.76. The Morgan fingerprint density at radius 3 is 2.72 bits per heavy atom. The van der Waals surface area contributed by atoms with Gasteiger partial charge in [0.25, 0.3) is 0 Å². The highest BCUT2D eigenvalue weighted by Gasteiger charge is 2.39. The molecule has 2 heterocycles. The first-order chi connectivity index (χ1) is 15.4. The van der Waals surface area contributed by atoms with Crippen LogP contribution in [-0.2, 0) is 20.9 Å². The van der Waals surface area contributed by atoms with Crippen molar-refractivity contribution in [1.29, 1.82) is 0 Å². The highest BCUT2D eigenvalue weighted by Crippen LogP contribution is 2.31. The van der Waals surface area contributed by atoms with Crippen LogP contribution in [0.5, 0.6) is 0 Å². The summed E-state index contributed by atoms with van der Waals surface area (Å²) in [5.41, 5.74) is 1.90. The van der Waals surface area contributed by atoms with E-state index in [9.17, 15) is 14.4 Å². The van der Waals surface area contributed by atoms with Crippen LogP contribution < -0.4 is 5.32 Å². The van der Waals surface area contributed by atoms with Crippen LogP contribution in [0, 0.1) is 0 Å². The molecule has 9 nitrogen and oxygen atoms in total. The largest absolute Gasteiger partial charge is 0.480 e. The molecular weight excluding hydrogens is 432 g/mol. The number of aliphatic carboxylic acids is 1. The summed E-state index contributed by atoms with van der Waals surface area (Å²) < 4.78 is 5.33. The molecule has 0 aliphatic carbocycles. The number of allylic oxidation sites excluding steroid dienone is 1. The minimum Gasteiger partial charge on any atom is -0.480 e. The van der Waals surface area contributed by atoms with Crippen LogP contribution in [0.3, 0.4) is 0 Å². The van der Waals surface area contributed by atoms with Crippen LogP contribution in [0.4, 0.5) is 0 Å². The number of carboxylic acids is 1. The fraction of sp³-hybridized carbons (Fsp3) is 0.227. The second-order valence-electron chi connectivity index (χ2n) is 6.91. The summed E-state index contributed by atoms with van der Waals surface area (Å²) in [7, 11) is 0. The van der Waals surface area contributed by atoms with Crippen LogP contribution >= 0.6 is 11.8 Å². The maximum Gasteiger partial charge on any atom is 0.322 e. The van der Waals surface area contributed by atoms with Gasteiger partial charge in [0.05, 0.1) is 19.0 Å². The minimum atomic E-state index is -1.15. The summed E-state index contributed by atoms with van der Waals surface area (Å²) in [6.07, 6.45) is 4.88. The number of amidine groups is 1. The van der Waals surface area contributed by atoms with Gasteiger partial charge in [0.1, 0.15) is 17.6 Å². The molecular formula is C22H22N4O5S. The number of carbonyl (C=O) groups excluding carboxylic acids is 2. The first kappa shape index (κ1) is 23.0. The lowest BCUT2D eigenvalue weighted by Gasteiger charge is -2.14. The quantitative estimate of drug-likeness (QED) is 0.443. The van der Waals surface area contributed by atoms with Gasteiger partial charge in [-0.1, -0.05) is 48.2 Å². The number of benzene rings is 1. The molecule has 2 aromatic rings. The Morgan fingerprint density at radius 1 is 1.25 bits per heavy atom. The number of hydrogen-bond donors (Lipinski definition) is 2. The highest BCUT2D eigenvalue weighted by atomic mass is 32.2. The van der Waals surface area contributed by atoms with Crippen molar-refractivity contribution in [3.8, 4) is 0 Å². The number of carboxylic acid groups (broad SMARTS) is 1. The molecule has 2 N–H and O–H groups in total. The Balaban J connectivity index is 1.73. The van der Waals surface area contributed by atoms with E-state index in [2.05, 4.69) is 15.5 Å². The van der Waals surface area contributed by atoms with Gasteiger partial charge >= 0.3 is 5.97 Å². The Labute approximate surface area is 188 Å². The lowest BCUT2D eigenvalue weighted by atomic mass is 10.1. The van der Waals surface area contributed by atoms with Gasteiger partial charge in [0.15, 0.2) is 5.17 Å². The van der Waals surface area contributed by atoms with Crippen molar-refractivity contribution in [2.45, 2.75) is 25.1 Å². The molecule has 10 heteroatoms. The Kier molecular flexibility index (Phi) is 7.98. The van der Waals surface area contributed by atoms with Crippen molar-refractivity contribution in [3.05, 3.63) is 65.6 Å². The molecule has 0 saturated carbocycles. The molecule has 1 aromatic carbocycles. The Morgan fingerprint density at radius 2 is 2.03 bits per heavy atom. The SMILES string of the molecule is CC(/C=N\N=C1/S[C@H](CC(=O)NCC(=O)O)C(=O)N1Cc1ccco1)=C\c1ccccc1. The maximum atomic E-state index is 12.9. The van der Waals surface area contributed by atoms with Crippen molar-refractivity contribution in [1.82, 2.24) is 10.2 Å². The molecule has 0 radical (unpaired) electrons. The third-order valence-corrected chi connectivity index (χ3v) is 5.49. The fourth-order valence-corrected chi connectivity index (χ4v) is 3.95. The van der Waals surface area contributed by atoms with E-state index in [4.69, 9.17) is 9.52 Å². The zero-order valence-electron chi connectivity index (χ0n) is 17.3. The summed E-state index contributed by atoms with van der Waals surface area (Å²) in [6, 6.07) is 13.2. The summed E-state index contributed by atoms with van der Waals surface area (Å²) >= 11 is 1.11. The lowest BCUT2D eigenvalue weighted by molar-refractivity contribution is -0.138. The molecule has 2 amide bonds. The summed E-state index contributed by atoms with van der Waals surface area (Å²) in [6.45, 7) is 1.54. The normalized spacial score (nSPS) is 18.0. The fourth-order valence-electron chi connectivity index (χ4n) is 2.85. The van der Waals surface area contributed by atoms with Gasteiger partial charge in [-0.25, -0.2) is 0 Å². The monoisotopic (exact) mass is 454 g/mol. The van der Waals surface area contributed by atoms with Gasteiger partial charge < -0.3 is 14.8 Å². The third-order valence-electron chi connectivity index (χ3n) is 4.32. The van der Waals surface area contributed by atoms with Crippen LogP contribution in [0.1, 0.15) is 24.7 Å². The van der Waals surface area contributed by atoms with Crippen molar-refractivity contribution < 1.29 is 23.9 Å². The van der Waals surface area contributed by atoms with E-state index in [1.165, 1.54) is 11.2 Å². The number of nitrogens with one attached hydrogen (secondary N) is 1. The molecule has 1 fully saturated rings. The minimum absolute atomic E-state index is 0.152. The molecule has 1 aliphatic rings. The summed E-state index contributed by atoms with van der Waals surface area (Å²) in [5.74, 6) is -1.43. The average molecular weight is 455 g/mol. The number of carbonyl (C=O) groups is 3. The average Bonchev–Trinajstić information content (AvgIpc) is 3.37. The first-order valence-electron chi connectivity index (χ1n) is 9.75. The van der Waals surface area contributed by atoms with Crippen LogP contribution in [-0.4, -0.2) is 51.0 Å². The van der Waals surface area contributed by atoms with Crippen molar-refractivity contribution in [2.24, 2.45) is 10.2 Å². The molecule has 1 aromatic heterocycles. The zero-order chi connectivity index (χ0) is 22.9. The molecule has 1 saturated heterocycles. The van der Waals surface area contributed by atoms with Gasteiger partial charge in [-0.3, -0.25) is 19.3 Å². The number of nitrogens with zero attached hydrogens (tertiary/aromatic N) is 3. The molecule has 3 rings (SSSR count). The number of hydrogen-bond acceptors (Lipinski definition) is 7. The van der Waals surface area contributed by atoms with E-state index in [1.807, 2.05) is 43.3 Å². The van der Waals surface area contributed by atoms with Gasteiger partial charge in [0.2, 0.25) is 11.8 Å². The van der Waals surface area contributed by atoms with E-state index >= 15 is 0 Å². The van der Waals surface area contributed by atoms with E-state index < -0.39 is 23.7 Å². The number of amides is 2.